The molecule has 5 N–H and O–H groups in total. The van der Waals surface area contributed by atoms with Crippen LogP contribution < -0.4 is 15.8 Å². The summed E-state index contributed by atoms with van der Waals surface area (Å²) in [6.45, 7) is 2.14. The lowest BCUT2D eigenvalue weighted by Gasteiger charge is -2.22. The van der Waals surface area contributed by atoms with Gasteiger partial charge in [-0.1, -0.05) is 0 Å². The molecule has 1 aliphatic rings. The topological polar surface area (TPSA) is 122 Å². The number of sulfonamides is 1. The highest BCUT2D eigenvalue weighted by Gasteiger charge is 2.22. The third-order valence-electron chi connectivity index (χ3n) is 2.77. The van der Waals surface area contributed by atoms with E-state index in [4.69, 9.17) is 10.8 Å². The summed E-state index contributed by atoms with van der Waals surface area (Å²) >= 11 is 0. The van der Waals surface area contributed by atoms with Crippen LogP contribution in [0.3, 0.4) is 0 Å². The average molecular weight is 265 g/mol. The summed E-state index contributed by atoms with van der Waals surface area (Å²) in [4.78, 5) is 10.5. The van der Waals surface area contributed by atoms with Gasteiger partial charge in [-0.15, -0.1) is 0 Å². The molecule has 0 unspecified atom stereocenters. The fraction of sp³-hybridized carbons (Fsp3) is 0.889. The van der Waals surface area contributed by atoms with Crippen LogP contribution in [0.1, 0.15) is 12.8 Å². The van der Waals surface area contributed by atoms with E-state index in [9.17, 15) is 13.2 Å². The molecule has 0 bridgehead atoms. The number of aliphatic carboxylic acids is 1. The Hall–Kier alpha value is -0.700. The van der Waals surface area contributed by atoms with Crippen molar-refractivity contribution in [1.82, 2.24) is 10.0 Å². The molecule has 0 saturated carbocycles. The number of nitrogens with two attached hydrogens (primary N) is 1. The Labute approximate surface area is 101 Å². The van der Waals surface area contributed by atoms with Gasteiger partial charge in [0.2, 0.25) is 10.0 Å². The van der Waals surface area contributed by atoms with Gasteiger partial charge in [0.1, 0.15) is 6.04 Å². The normalized spacial score (nSPS) is 20.1. The van der Waals surface area contributed by atoms with Gasteiger partial charge in [0.15, 0.2) is 0 Å². The summed E-state index contributed by atoms with van der Waals surface area (Å²) in [5.74, 6) is -1.57. The van der Waals surface area contributed by atoms with Gasteiger partial charge in [-0.05, 0) is 31.8 Å². The Bertz CT molecular complexity index is 351. The van der Waals surface area contributed by atoms with Crippen LogP contribution in [-0.4, -0.2) is 50.9 Å². The van der Waals surface area contributed by atoms with Crippen molar-refractivity contribution in [2.24, 2.45) is 11.7 Å². The molecule has 0 aromatic rings. The molecule has 1 saturated heterocycles. The molecule has 17 heavy (non-hydrogen) atoms. The molecule has 100 valence electrons. The second-order valence-corrected chi connectivity index (χ2v) is 6.12. The molecule has 0 aromatic carbocycles. The van der Waals surface area contributed by atoms with Crippen LogP contribution in [0.25, 0.3) is 0 Å². The lowest BCUT2D eigenvalue weighted by atomic mass is 9.99. The fourth-order valence-electron chi connectivity index (χ4n) is 1.70. The maximum Gasteiger partial charge on any atom is 0.321 e. The molecule has 0 radical (unpaired) electrons. The molecule has 1 rings (SSSR count). The Morgan fingerprint density at radius 2 is 2.06 bits per heavy atom. The van der Waals surface area contributed by atoms with Crippen molar-refractivity contribution in [3.63, 3.8) is 0 Å². The molecule has 0 aromatic heterocycles. The van der Waals surface area contributed by atoms with Crippen LogP contribution >= 0.6 is 0 Å². The summed E-state index contributed by atoms with van der Waals surface area (Å²) in [5.41, 5.74) is 5.18. The van der Waals surface area contributed by atoms with Crippen LogP contribution in [0, 0.1) is 5.92 Å². The molecule has 1 heterocycles. The van der Waals surface area contributed by atoms with E-state index < -0.39 is 27.8 Å². The van der Waals surface area contributed by atoms with E-state index in [1.54, 1.807) is 0 Å². The molecule has 0 amide bonds. The minimum absolute atomic E-state index is 0.312. The van der Waals surface area contributed by atoms with Crippen molar-refractivity contribution < 1.29 is 18.3 Å². The lowest BCUT2D eigenvalue weighted by molar-refractivity contribution is -0.137. The monoisotopic (exact) mass is 265 g/mol. The second kappa shape index (κ2) is 6.29. The van der Waals surface area contributed by atoms with E-state index in [-0.39, 0.29) is 0 Å². The van der Waals surface area contributed by atoms with E-state index in [0.29, 0.717) is 12.5 Å². The Balaban J connectivity index is 2.35. The summed E-state index contributed by atoms with van der Waals surface area (Å²) in [5, 5.41) is 11.7. The van der Waals surface area contributed by atoms with Crippen molar-refractivity contribution >= 4 is 16.0 Å². The minimum atomic E-state index is -3.60. The zero-order valence-electron chi connectivity index (χ0n) is 9.55. The second-order valence-electron chi connectivity index (χ2n) is 4.27. The van der Waals surface area contributed by atoms with Crippen LogP contribution in [0.15, 0.2) is 0 Å². The number of hydrogen-bond acceptors (Lipinski definition) is 5. The van der Waals surface area contributed by atoms with Gasteiger partial charge in [-0.25, -0.2) is 13.1 Å². The van der Waals surface area contributed by atoms with Gasteiger partial charge >= 0.3 is 5.97 Å². The first kappa shape index (κ1) is 14.4. The highest BCUT2D eigenvalue weighted by atomic mass is 32.2. The van der Waals surface area contributed by atoms with Gasteiger partial charge in [0.25, 0.3) is 0 Å². The molecule has 7 nitrogen and oxygen atoms in total. The van der Waals surface area contributed by atoms with E-state index in [1.807, 2.05) is 0 Å². The number of hydrogen-bond donors (Lipinski definition) is 4. The summed E-state index contributed by atoms with van der Waals surface area (Å²) in [6, 6.07) is -1.37. The molecule has 1 fully saturated rings. The molecule has 1 aliphatic heterocycles. The Morgan fingerprint density at radius 3 is 2.59 bits per heavy atom. The van der Waals surface area contributed by atoms with Gasteiger partial charge in [-0.2, -0.15) is 0 Å². The minimum Gasteiger partial charge on any atom is -0.480 e. The SMILES string of the molecule is N[C@@H](CS(=O)(=O)NCC1CCNCC1)C(=O)O. The highest BCUT2D eigenvalue weighted by molar-refractivity contribution is 7.89. The van der Waals surface area contributed by atoms with Gasteiger partial charge in [0.05, 0.1) is 5.75 Å². The third-order valence-corrected chi connectivity index (χ3v) is 4.17. The maximum atomic E-state index is 11.5. The molecular formula is C9H19N3O4S. The number of carboxylic acid groups (broad SMARTS) is 1. The maximum absolute atomic E-state index is 11.5. The molecule has 1 atom stereocenters. The van der Waals surface area contributed by atoms with E-state index in [0.717, 1.165) is 25.9 Å². The van der Waals surface area contributed by atoms with Gasteiger partial charge in [0, 0.05) is 6.54 Å². The quantitative estimate of drug-likeness (QED) is 0.455. The summed E-state index contributed by atoms with van der Waals surface area (Å²) in [6.07, 6.45) is 1.85. The van der Waals surface area contributed by atoms with Crippen molar-refractivity contribution in [3.8, 4) is 0 Å². The zero-order chi connectivity index (χ0) is 12.9. The first-order valence-electron chi connectivity index (χ1n) is 5.57. The fourth-order valence-corrected chi connectivity index (χ4v) is 2.92. The average Bonchev–Trinajstić information content (AvgIpc) is 2.27. The molecule has 0 aliphatic carbocycles. The summed E-state index contributed by atoms with van der Waals surface area (Å²) < 4.78 is 25.5. The smallest absolute Gasteiger partial charge is 0.321 e. The first-order chi connectivity index (χ1) is 7.91. The van der Waals surface area contributed by atoms with Crippen molar-refractivity contribution in [2.75, 3.05) is 25.4 Å². The highest BCUT2D eigenvalue weighted by Crippen LogP contribution is 2.10. The number of nitrogens with one attached hydrogen (secondary N) is 2. The predicted molar refractivity (Wildman–Crippen MR) is 63.0 cm³/mol. The van der Waals surface area contributed by atoms with Crippen molar-refractivity contribution in [3.05, 3.63) is 0 Å². The largest absolute Gasteiger partial charge is 0.480 e. The van der Waals surface area contributed by atoms with Gasteiger partial charge in [-0.3, -0.25) is 4.79 Å². The lowest BCUT2D eigenvalue weighted by Crippen LogP contribution is -2.43. The Morgan fingerprint density at radius 1 is 1.47 bits per heavy atom. The molecule has 0 spiro atoms. The standard InChI is InChI=1S/C9H19N3O4S/c10-8(9(13)14)6-17(15,16)12-5-7-1-3-11-4-2-7/h7-8,11-12H,1-6,10H2,(H,13,14)/t8-/m0/s1. The van der Waals surface area contributed by atoms with Crippen LogP contribution in [0.4, 0.5) is 0 Å². The third kappa shape index (κ3) is 5.44. The van der Waals surface area contributed by atoms with Gasteiger partial charge < -0.3 is 16.2 Å². The van der Waals surface area contributed by atoms with E-state index >= 15 is 0 Å². The van der Waals surface area contributed by atoms with E-state index in [1.165, 1.54) is 0 Å². The number of piperidine rings is 1. The van der Waals surface area contributed by atoms with Crippen LogP contribution in [-0.2, 0) is 14.8 Å². The van der Waals surface area contributed by atoms with E-state index in [2.05, 4.69) is 10.0 Å². The van der Waals surface area contributed by atoms with Crippen molar-refractivity contribution in [1.29, 1.82) is 0 Å². The number of carbonyl (C=O) groups is 1. The predicted octanol–water partition coefficient (Wildman–Crippen LogP) is -1.68. The van der Waals surface area contributed by atoms with Crippen LogP contribution in [0.2, 0.25) is 0 Å². The Kier molecular flexibility index (Phi) is 5.31. The van der Waals surface area contributed by atoms with Crippen LogP contribution in [0.5, 0.6) is 0 Å². The van der Waals surface area contributed by atoms with Crippen molar-refractivity contribution in [2.45, 2.75) is 18.9 Å². The molecular weight excluding hydrogens is 246 g/mol. The first-order valence-corrected chi connectivity index (χ1v) is 7.22. The summed E-state index contributed by atoms with van der Waals surface area (Å²) in [7, 11) is -3.60. The number of carboxylic acids is 1. The zero-order valence-corrected chi connectivity index (χ0v) is 10.4. The number of rotatable bonds is 6. The molecule has 8 heteroatoms.